The number of hydrogen-bond donors (Lipinski definition) is 3. The van der Waals surface area contributed by atoms with Gasteiger partial charge in [-0.25, -0.2) is 4.39 Å². The number of sulfonamides is 1. The van der Waals surface area contributed by atoms with Crippen molar-refractivity contribution >= 4 is 27.3 Å². The zero-order valence-electron chi connectivity index (χ0n) is 11.2. The Morgan fingerprint density at radius 3 is 2.90 bits per heavy atom. The van der Waals surface area contributed by atoms with E-state index in [0.717, 1.165) is 6.07 Å². The second kappa shape index (κ2) is 6.42. The summed E-state index contributed by atoms with van der Waals surface area (Å²) in [6, 6.07) is 3.63. The fraction of sp³-hybridized carbons (Fsp3) is 0.250. The Hall–Kier alpha value is -1.64. The highest BCUT2D eigenvalue weighted by Gasteiger charge is 2.22. The van der Waals surface area contributed by atoms with Gasteiger partial charge in [0.2, 0.25) is 0 Å². The molecule has 0 atom stereocenters. The molecule has 2 aromatic rings. The Kier molecular flexibility index (Phi) is 4.81. The maximum absolute atomic E-state index is 13.6. The molecule has 3 N–H and O–H groups in total. The first-order valence-corrected chi connectivity index (χ1v) is 8.01. The topological polar surface area (TPSA) is 86.9 Å². The number of H-pyrrole nitrogens is 1. The van der Waals surface area contributed by atoms with E-state index in [0.29, 0.717) is 18.7 Å². The van der Waals surface area contributed by atoms with E-state index >= 15 is 0 Å². The van der Waals surface area contributed by atoms with E-state index in [1.54, 1.807) is 0 Å². The molecule has 6 nitrogen and oxygen atoms in total. The van der Waals surface area contributed by atoms with E-state index in [9.17, 15) is 12.8 Å². The van der Waals surface area contributed by atoms with Crippen molar-refractivity contribution in [2.75, 3.05) is 11.3 Å². The smallest absolute Gasteiger partial charge is 0.279 e. The molecule has 0 saturated carbocycles. The van der Waals surface area contributed by atoms with E-state index < -0.39 is 15.8 Å². The molecule has 0 aliphatic carbocycles. The Morgan fingerprint density at radius 2 is 2.19 bits per heavy atom. The number of aromatic amines is 1. The van der Waals surface area contributed by atoms with Crippen molar-refractivity contribution in [2.24, 2.45) is 0 Å². The van der Waals surface area contributed by atoms with Gasteiger partial charge in [0.15, 0.2) is 5.03 Å². The van der Waals surface area contributed by atoms with Gasteiger partial charge in [-0.05, 0) is 24.7 Å². The van der Waals surface area contributed by atoms with Crippen LogP contribution in [0.1, 0.15) is 12.5 Å². The summed E-state index contributed by atoms with van der Waals surface area (Å²) in [7, 11) is -3.98. The molecule has 21 heavy (non-hydrogen) atoms. The van der Waals surface area contributed by atoms with Crippen LogP contribution in [0.3, 0.4) is 0 Å². The van der Waals surface area contributed by atoms with Crippen LogP contribution in [0.15, 0.2) is 29.4 Å². The lowest BCUT2D eigenvalue weighted by Crippen LogP contribution is -2.19. The number of rotatable bonds is 6. The van der Waals surface area contributed by atoms with Gasteiger partial charge < -0.3 is 5.32 Å². The van der Waals surface area contributed by atoms with Gasteiger partial charge in [0, 0.05) is 17.1 Å². The van der Waals surface area contributed by atoms with Crippen molar-refractivity contribution in [1.29, 1.82) is 0 Å². The third-order valence-corrected chi connectivity index (χ3v) is 4.30. The van der Waals surface area contributed by atoms with Crippen molar-refractivity contribution in [3.63, 3.8) is 0 Å². The van der Waals surface area contributed by atoms with E-state index in [2.05, 4.69) is 20.2 Å². The highest BCUT2D eigenvalue weighted by atomic mass is 35.5. The lowest BCUT2D eigenvalue weighted by Gasteiger charge is -2.09. The number of aromatic nitrogens is 2. The van der Waals surface area contributed by atoms with Crippen molar-refractivity contribution in [3.8, 4) is 0 Å². The molecule has 0 bridgehead atoms. The lowest BCUT2D eigenvalue weighted by atomic mass is 10.3. The van der Waals surface area contributed by atoms with E-state index in [4.69, 9.17) is 11.6 Å². The van der Waals surface area contributed by atoms with Gasteiger partial charge in [-0.15, -0.1) is 0 Å². The Balaban J connectivity index is 2.30. The highest BCUT2D eigenvalue weighted by molar-refractivity contribution is 7.92. The Morgan fingerprint density at radius 1 is 1.43 bits per heavy atom. The normalized spacial score (nSPS) is 11.6. The second-order valence-corrected chi connectivity index (χ2v) is 6.29. The number of benzene rings is 1. The first-order chi connectivity index (χ1) is 9.94. The third-order valence-electron chi connectivity index (χ3n) is 2.69. The van der Waals surface area contributed by atoms with Crippen molar-refractivity contribution < 1.29 is 12.8 Å². The largest absolute Gasteiger partial charge is 0.313 e. The Bertz CT molecular complexity index is 733. The van der Waals surface area contributed by atoms with Crippen molar-refractivity contribution in [1.82, 2.24) is 15.5 Å². The summed E-state index contributed by atoms with van der Waals surface area (Å²) >= 11 is 5.74. The first kappa shape index (κ1) is 15.7. The van der Waals surface area contributed by atoms with Crippen LogP contribution < -0.4 is 10.0 Å². The summed E-state index contributed by atoms with van der Waals surface area (Å²) < 4.78 is 40.4. The summed E-state index contributed by atoms with van der Waals surface area (Å²) in [5, 5.41) is 9.25. The van der Waals surface area contributed by atoms with Crippen LogP contribution in [0.25, 0.3) is 0 Å². The molecular formula is C12H14ClFN4O2S. The number of anilines is 1. The molecule has 0 aliphatic rings. The summed E-state index contributed by atoms with van der Waals surface area (Å²) in [5.74, 6) is -0.712. The zero-order valence-corrected chi connectivity index (χ0v) is 12.7. The zero-order chi connectivity index (χ0) is 15.5. The van der Waals surface area contributed by atoms with Crippen LogP contribution >= 0.6 is 11.6 Å². The quantitative estimate of drug-likeness (QED) is 0.756. The fourth-order valence-electron chi connectivity index (χ4n) is 1.69. The summed E-state index contributed by atoms with van der Waals surface area (Å²) in [6.07, 6.45) is 1.41. The van der Waals surface area contributed by atoms with E-state index in [-0.39, 0.29) is 15.7 Å². The van der Waals surface area contributed by atoms with Gasteiger partial charge in [0.05, 0.1) is 11.9 Å². The van der Waals surface area contributed by atoms with Crippen LogP contribution in [0.5, 0.6) is 0 Å². The minimum Gasteiger partial charge on any atom is -0.313 e. The maximum atomic E-state index is 13.6. The van der Waals surface area contributed by atoms with Crippen LogP contribution in [-0.4, -0.2) is 25.2 Å². The highest BCUT2D eigenvalue weighted by Crippen LogP contribution is 2.23. The number of hydrogen-bond acceptors (Lipinski definition) is 4. The van der Waals surface area contributed by atoms with E-state index in [1.165, 1.54) is 18.3 Å². The molecule has 1 aromatic heterocycles. The molecule has 0 saturated heterocycles. The first-order valence-electron chi connectivity index (χ1n) is 6.15. The molecule has 0 fully saturated rings. The summed E-state index contributed by atoms with van der Waals surface area (Å²) in [6.45, 7) is 2.91. The molecule has 0 aliphatic heterocycles. The van der Waals surface area contributed by atoms with Crippen LogP contribution in [-0.2, 0) is 16.6 Å². The van der Waals surface area contributed by atoms with Crippen LogP contribution in [0, 0.1) is 5.82 Å². The minimum atomic E-state index is -3.98. The Labute approximate surface area is 126 Å². The van der Waals surface area contributed by atoms with Gasteiger partial charge in [-0.3, -0.25) is 9.82 Å². The number of nitrogens with zero attached hydrogens (tertiary/aromatic N) is 1. The van der Waals surface area contributed by atoms with Crippen LogP contribution in [0.2, 0.25) is 5.02 Å². The van der Waals surface area contributed by atoms with Gasteiger partial charge >= 0.3 is 0 Å². The SMILES string of the molecule is CCNCc1cn[nH]c1S(=O)(=O)Nc1cc(Cl)ccc1F. The molecule has 114 valence electrons. The minimum absolute atomic E-state index is 0.108. The van der Waals surface area contributed by atoms with E-state index in [1.807, 2.05) is 6.92 Å². The summed E-state index contributed by atoms with van der Waals surface area (Å²) in [4.78, 5) is 0. The van der Waals surface area contributed by atoms with Gasteiger partial charge in [-0.1, -0.05) is 18.5 Å². The molecule has 0 unspecified atom stereocenters. The molecule has 9 heteroatoms. The molecule has 1 heterocycles. The number of halogens is 2. The monoisotopic (exact) mass is 332 g/mol. The molecule has 1 aromatic carbocycles. The average Bonchev–Trinajstić information content (AvgIpc) is 2.89. The average molecular weight is 333 g/mol. The maximum Gasteiger partial charge on any atom is 0.279 e. The molecule has 2 rings (SSSR count). The lowest BCUT2D eigenvalue weighted by molar-refractivity contribution is 0.592. The third kappa shape index (κ3) is 3.72. The molecule has 0 amide bonds. The molecular weight excluding hydrogens is 319 g/mol. The molecule has 0 radical (unpaired) electrons. The predicted molar refractivity (Wildman–Crippen MR) is 78.2 cm³/mol. The number of nitrogens with one attached hydrogen (secondary N) is 3. The van der Waals surface area contributed by atoms with Crippen molar-refractivity contribution in [3.05, 3.63) is 40.8 Å². The van der Waals surface area contributed by atoms with Crippen molar-refractivity contribution in [2.45, 2.75) is 18.5 Å². The van der Waals surface area contributed by atoms with Gasteiger partial charge in [-0.2, -0.15) is 13.5 Å². The van der Waals surface area contributed by atoms with Crippen LogP contribution in [0.4, 0.5) is 10.1 Å². The standard InChI is InChI=1S/C12H14ClFN4O2S/c1-2-15-6-8-7-16-17-12(8)21(19,20)18-11-5-9(13)3-4-10(11)14/h3-5,7,15,18H,2,6H2,1H3,(H,16,17). The predicted octanol–water partition coefficient (Wildman–Crippen LogP) is 2.11. The summed E-state index contributed by atoms with van der Waals surface area (Å²) in [5.41, 5.74) is 0.248. The molecule has 0 spiro atoms. The second-order valence-electron chi connectivity index (χ2n) is 4.23. The fourth-order valence-corrected chi connectivity index (χ4v) is 3.05. The van der Waals surface area contributed by atoms with Gasteiger partial charge in [0.25, 0.3) is 10.0 Å². The van der Waals surface area contributed by atoms with Gasteiger partial charge in [0.1, 0.15) is 5.82 Å².